The van der Waals surface area contributed by atoms with Gasteiger partial charge in [-0.15, -0.1) is 5.10 Å². The quantitative estimate of drug-likeness (QED) is 0.402. The fourth-order valence-electron chi connectivity index (χ4n) is 6.15. The van der Waals surface area contributed by atoms with E-state index < -0.39 is 0 Å². The minimum absolute atomic E-state index is 0.150. The molecule has 0 spiro atoms. The number of hydrogen-bond acceptors (Lipinski definition) is 9. The minimum Gasteiger partial charge on any atom is -0.497 e. The lowest BCUT2D eigenvalue weighted by molar-refractivity contribution is 0.174. The van der Waals surface area contributed by atoms with Crippen molar-refractivity contribution in [3.05, 3.63) is 64.2 Å². The van der Waals surface area contributed by atoms with Gasteiger partial charge in [0.15, 0.2) is 17.3 Å². The number of nitrogens with zero attached hydrogens (tertiary/aromatic N) is 6. The maximum Gasteiger partial charge on any atom is 0.253 e. The van der Waals surface area contributed by atoms with Crippen molar-refractivity contribution in [2.24, 2.45) is 0 Å². The number of methoxy groups -OCH3 is 1. The lowest BCUT2D eigenvalue weighted by Gasteiger charge is -2.39. The van der Waals surface area contributed by atoms with E-state index in [1.54, 1.807) is 7.11 Å². The molecule has 2 aromatic heterocycles. The Labute approximate surface area is 225 Å². The molecule has 1 saturated carbocycles. The van der Waals surface area contributed by atoms with Gasteiger partial charge in [0.1, 0.15) is 11.8 Å². The van der Waals surface area contributed by atoms with Gasteiger partial charge in [-0.2, -0.15) is 0 Å². The molecule has 2 aliphatic heterocycles. The van der Waals surface area contributed by atoms with Crippen molar-refractivity contribution >= 4 is 16.6 Å². The van der Waals surface area contributed by atoms with E-state index in [1.807, 2.05) is 35.0 Å². The number of pyridine rings is 1. The fourth-order valence-corrected chi connectivity index (χ4v) is 6.15. The molecule has 1 aliphatic carbocycles. The van der Waals surface area contributed by atoms with Crippen molar-refractivity contribution in [3.63, 3.8) is 0 Å². The van der Waals surface area contributed by atoms with Gasteiger partial charge in [-0.3, -0.25) is 9.69 Å². The Kier molecular flexibility index (Phi) is 6.07. The number of ether oxygens (including phenoxy) is 3. The zero-order valence-corrected chi connectivity index (χ0v) is 21.9. The van der Waals surface area contributed by atoms with E-state index >= 15 is 0 Å². The first-order valence-electron chi connectivity index (χ1n) is 13.6. The number of nitrogens with one attached hydrogen (secondary N) is 1. The molecule has 0 amide bonds. The van der Waals surface area contributed by atoms with Crippen LogP contribution in [0.4, 0.5) is 5.69 Å². The van der Waals surface area contributed by atoms with Gasteiger partial charge in [0.05, 0.1) is 18.7 Å². The maximum absolute atomic E-state index is 13.6. The molecule has 2 fully saturated rings. The number of piperazine rings is 1. The monoisotopic (exact) mass is 529 g/mol. The van der Waals surface area contributed by atoms with Crippen molar-refractivity contribution in [1.82, 2.24) is 30.1 Å². The zero-order valence-electron chi connectivity index (χ0n) is 21.9. The number of anilines is 1. The standard InChI is InChI=1S/C28H31N7O4/c1-37-21-8-4-7-20(15-21)33-9-11-34(12-10-33)26(27-30-31-32-35(27)19-5-2-3-6-19)22-13-18-14-24-25(39-17-38-24)16-23(18)29-28(22)36/h4,7-8,13-16,19,26H,2-3,5-6,9-12,17H2,1H3,(H,29,36)/t26-/m0/s1. The van der Waals surface area contributed by atoms with E-state index in [2.05, 4.69) is 42.4 Å². The molecule has 7 rings (SSSR count). The third kappa shape index (κ3) is 4.36. The van der Waals surface area contributed by atoms with E-state index in [4.69, 9.17) is 14.2 Å². The summed E-state index contributed by atoms with van der Waals surface area (Å²) in [5.74, 6) is 2.88. The van der Waals surface area contributed by atoms with Gasteiger partial charge in [0.2, 0.25) is 6.79 Å². The molecular weight excluding hydrogens is 498 g/mol. The van der Waals surface area contributed by atoms with Gasteiger partial charge in [0, 0.05) is 54.9 Å². The number of benzene rings is 2. The van der Waals surface area contributed by atoms with Crippen LogP contribution in [0.1, 0.15) is 49.2 Å². The minimum atomic E-state index is -0.383. The van der Waals surface area contributed by atoms with Crippen molar-refractivity contribution in [3.8, 4) is 17.2 Å². The van der Waals surface area contributed by atoms with Gasteiger partial charge in [-0.25, -0.2) is 4.68 Å². The molecule has 11 nitrogen and oxygen atoms in total. The second-order valence-corrected chi connectivity index (χ2v) is 10.4. The first-order chi connectivity index (χ1) is 19.2. The third-order valence-corrected chi connectivity index (χ3v) is 8.19. The number of aromatic amines is 1. The number of tetrazole rings is 1. The van der Waals surface area contributed by atoms with Gasteiger partial charge >= 0.3 is 0 Å². The van der Waals surface area contributed by atoms with Gasteiger partial charge in [-0.05, 0) is 47.5 Å². The predicted molar refractivity (Wildman–Crippen MR) is 145 cm³/mol. The first kappa shape index (κ1) is 24.0. The number of H-pyrrole nitrogens is 1. The number of aromatic nitrogens is 5. The molecule has 1 N–H and O–H groups in total. The molecule has 0 unspecified atom stereocenters. The van der Waals surface area contributed by atoms with Crippen LogP contribution < -0.4 is 24.7 Å². The van der Waals surface area contributed by atoms with E-state index in [1.165, 1.54) is 0 Å². The summed E-state index contributed by atoms with van der Waals surface area (Å²) in [7, 11) is 1.69. The van der Waals surface area contributed by atoms with Gasteiger partial charge < -0.3 is 24.1 Å². The van der Waals surface area contributed by atoms with Crippen LogP contribution in [-0.4, -0.2) is 70.2 Å². The van der Waals surface area contributed by atoms with Crippen LogP contribution >= 0.6 is 0 Å². The molecule has 1 saturated heterocycles. The Hall–Kier alpha value is -4.12. The number of rotatable bonds is 6. The molecule has 4 aromatic rings. The normalized spacial score (nSPS) is 18.6. The Morgan fingerprint density at radius 2 is 1.82 bits per heavy atom. The highest BCUT2D eigenvalue weighted by Gasteiger charge is 2.35. The molecule has 4 heterocycles. The summed E-state index contributed by atoms with van der Waals surface area (Å²) in [4.78, 5) is 21.4. The summed E-state index contributed by atoms with van der Waals surface area (Å²) >= 11 is 0. The third-order valence-electron chi connectivity index (χ3n) is 8.19. The van der Waals surface area contributed by atoms with Crippen LogP contribution in [0, 0.1) is 0 Å². The summed E-state index contributed by atoms with van der Waals surface area (Å²) in [5, 5.41) is 13.9. The molecule has 3 aliphatic rings. The fraction of sp³-hybridized carbons (Fsp3) is 0.429. The summed E-state index contributed by atoms with van der Waals surface area (Å²) in [5.41, 5.74) is 2.32. The zero-order chi connectivity index (χ0) is 26.3. The van der Waals surface area contributed by atoms with Crippen LogP contribution in [0.15, 0.2) is 47.3 Å². The molecule has 39 heavy (non-hydrogen) atoms. The Balaban J connectivity index is 1.27. The van der Waals surface area contributed by atoms with Crippen LogP contribution in [0.3, 0.4) is 0 Å². The van der Waals surface area contributed by atoms with Crippen molar-refractivity contribution < 1.29 is 14.2 Å². The van der Waals surface area contributed by atoms with Gasteiger partial charge in [0.25, 0.3) is 5.56 Å². The van der Waals surface area contributed by atoms with E-state index in [0.29, 0.717) is 22.6 Å². The highest BCUT2D eigenvalue weighted by atomic mass is 16.7. The Bertz CT molecular complexity index is 1550. The smallest absolute Gasteiger partial charge is 0.253 e. The SMILES string of the molecule is COc1cccc(N2CCN([C@@H](c3cc4cc5c(cc4[nH]c3=O)OCO5)c3nnnn3C3CCCC3)CC2)c1. The van der Waals surface area contributed by atoms with Crippen molar-refractivity contribution in [2.45, 2.75) is 37.8 Å². The molecule has 1 atom stereocenters. The predicted octanol–water partition coefficient (Wildman–Crippen LogP) is 3.28. The average molecular weight is 530 g/mol. The van der Waals surface area contributed by atoms with Crippen LogP contribution in [-0.2, 0) is 0 Å². The molecule has 0 radical (unpaired) electrons. The molecular formula is C28H31N7O4. The van der Waals surface area contributed by atoms with Crippen LogP contribution in [0.25, 0.3) is 10.9 Å². The highest BCUT2D eigenvalue weighted by molar-refractivity contribution is 5.83. The largest absolute Gasteiger partial charge is 0.497 e. The lowest BCUT2D eigenvalue weighted by Crippen LogP contribution is -2.49. The average Bonchev–Trinajstić information content (AvgIpc) is 3.75. The Morgan fingerprint density at radius 3 is 2.62 bits per heavy atom. The van der Waals surface area contributed by atoms with Crippen LogP contribution in [0.5, 0.6) is 17.2 Å². The second-order valence-electron chi connectivity index (χ2n) is 10.4. The summed E-state index contributed by atoms with van der Waals surface area (Å²) < 4.78 is 18.5. The maximum atomic E-state index is 13.6. The van der Waals surface area contributed by atoms with Crippen molar-refractivity contribution in [1.29, 1.82) is 0 Å². The molecule has 11 heteroatoms. The van der Waals surface area contributed by atoms with Crippen molar-refractivity contribution in [2.75, 3.05) is 45.0 Å². The summed E-state index contributed by atoms with van der Waals surface area (Å²) in [6.45, 7) is 3.28. The van der Waals surface area contributed by atoms with E-state index in [-0.39, 0.29) is 24.4 Å². The first-order valence-corrected chi connectivity index (χ1v) is 13.6. The Morgan fingerprint density at radius 1 is 1.03 bits per heavy atom. The summed E-state index contributed by atoms with van der Waals surface area (Å²) in [6, 6.07) is 13.7. The molecule has 202 valence electrons. The molecule has 0 bridgehead atoms. The molecule has 2 aromatic carbocycles. The topological polar surface area (TPSA) is 111 Å². The van der Waals surface area contributed by atoms with E-state index in [0.717, 1.165) is 74.5 Å². The summed E-state index contributed by atoms with van der Waals surface area (Å²) in [6.07, 6.45) is 4.42. The number of fused-ring (bicyclic) bond motifs is 2. The number of hydrogen-bond donors (Lipinski definition) is 1. The van der Waals surface area contributed by atoms with Gasteiger partial charge in [-0.1, -0.05) is 18.9 Å². The second kappa shape index (κ2) is 9.88. The van der Waals surface area contributed by atoms with E-state index in [9.17, 15) is 4.79 Å². The highest BCUT2D eigenvalue weighted by Crippen LogP contribution is 2.38. The van der Waals surface area contributed by atoms with Crippen LogP contribution in [0.2, 0.25) is 0 Å². The lowest BCUT2D eigenvalue weighted by atomic mass is 10.0.